The van der Waals surface area contributed by atoms with Crippen molar-refractivity contribution in [2.45, 2.75) is 26.0 Å². The molecule has 8 heteroatoms. The number of likely N-dealkylation sites (tertiary alicyclic amines) is 1. The third-order valence-electron chi connectivity index (χ3n) is 4.53. The van der Waals surface area contributed by atoms with Crippen molar-refractivity contribution in [3.05, 3.63) is 33.7 Å². The Balaban J connectivity index is 1.36. The normalized spacial score (nSPS) is 21.2. The van der Waals surface area contributed by atoms with E-state index in [0.717, 1.165) is 37.2 Å². The number of hydrogen-bond donors (Lipinski definition) is 1. The van der Waals surface area contributed by atoms with Crippen molar-refractivity contribution in [3.8, 4) is 0 Å². The van der Waals surface area contributed by atoms with Crippen LogP contribution in [0, 0.1) is 11.8 Å². The van der Waals surface area contributed by atoms with E-state index in [1.165, 1.54) is 33.9 Å². The van der Waals surface area contributed by atoms with Gasteiger partial charge < -0.3 is 10.2 Å². The number of thioether (sulfide) groups is 1. The van der Waals surface area contributed by atoms with Crippen LogP contribution in [-0.2, 0) is 10.5 Å². The largest absolute Gasteiger partial charge is 0.354 e. The summed E-state index contributed by atoms with van der Waals surface area (Å²) in [6.45, 7) is 8.46. The second-order valence-electron chi connectivity index (χ2n) is 7.19. The minimum Gasteiger partial charge on any atom is -0.354 e. The molecule has 0 spiro atoms. The van der Waals surface area contributed by atoms with Crippen LogP contribution in [0.1, 0.15) is 26.0 Å². The maximum absolute atomic E-state index is 12.0. The van der Waals surface area contributed by atoms with Crippen molar-refractivity contribution >= 4 is 34.0 Å². The van der Waals surface area contributed by atoms with Crippen LogP contribution in [0.5, 0.6) is 0 Å². The molecule has 142 valence electrons. The summed E-state index contributed by atoms with van der Waals surface area (Å²) >= 11 is 2.93. The number of thiazole rings is 1. The molecule has 0 bridgehead atoms. The van der Waals surface area contributed by atoms with Gasteiger partial charge in [0.2, 0.25) is 5.91 Å². The lowest BCUT2D eigenvalue weighted by molar-refractivity contribution is -0.118. The van der Waals surface area contributed by atoms with Gasteiger partial charge in [0.1, 0.15) is 0 Å². The number of rotatable bonds is 7. The number of fused-ring (bicyclic) bond motifs is 1. The lowest BCUT2D eigenvalue weighted by atomic mass is 9.92. The molecule has 2 unspecified atom stereocenters. The predicted octanol–water partition coefficient (Wildman–Crippen LogP) is 2.08. The lowest BCUT2D eigenvalue weighted by Gasteiger charge is -2.34. The zero-order valence-electron chi connectivity index (χ0n) is 15.3. The number of hydrogen-bond acceptors (Lipinski definition) is 6. The molecular weight excluding hydrogens is 368 g/mol. The maximum Gasteiger partial charge on any atom is 0.258 e. The van der Waals surface area contributed by atoms with E-state index in [0.29, 0.717) is 23.0 Å². The van der Waals surface area contributed by atoms with Gasteiger partial charge in [-0.1, -0.05) is 13.8 Å². The molecule has 6 nitrogen and oxygen atoms in total. The van der Waals surface area contributed by atoms with Gasteiger partial charge in [-0.3, -0.25) is 14.0 Å². The molecular formula is C18H26N4O2S2. The number of aromatic nitrogens is 2. The highest BCUT2D eigenvalue weighted by Gasteiger charge is 2.21. The van der Waals surface area contributed by atoms with Gasteiger partial charge in [0.05, 0.1) is 11.4 Å². The number of carbonyl (C=O) groups is 1. The Hall–Kier alpha value is -1.38. The summed E-state index contributed by atoms with van der Waals surface area (Å²) in [5.41, 5.74) is 0.660. The average Bonchev–Trinajstić information content (AvgIpc) is 3.03. The summed E-state index contributed by atoms with van der Waals surface area (Å²) in [6, 6.07) is 1.54. The van der Waals surface area contributed by atoms with Gasteiger partial charge in [-0.15, -0.1) is 23.1 Å². The van der Waals surface area contributed by atoms with Gasteiger partial charge in [-0.25, -0.2) is 4.98 Å². The van der Waals surface area contributed by atoms with Gasteiger partial charge in [-0.2, -0.15) is 0 Å². The monoisotopic (exact) mass is 394 g/mol. The predicted molar refractivity (Wildman–Crippen MR) is 108 cm³/mol. The van der Waals surface area contributed by atoms with Crippen molar-refractivity contribution in [3.63, 3.8) is 0 Å². The molecule has 2 atom stereocenters. The van der Waals surface area contributed by atoms with Crippen LogP contribution in [0.15, 0.2) is 22.4 Å². The Morgan fingerprint density at radius 3 is 2.92 bits per heavy atom. The van der Waals surface area contributed by atoms with E-state index in [9.17, 15) is 9.59 Å². The van der Waals surface area contributed by atoms with E-state index in [2.05, 4.69) is 29.0 Å². The highest BCUT2D eigenvalue weighted by molar-refractivity contribution is 7.99. The van der Waals surface area contributed by atoms with Gasteiger partial charge in [-0.05, 0) is 18.3 Å². The van der Waals surface area contributed by atoms with Crippen molar-refractivity contribution in [2.75, 3.05) is 31.9 Å². The Kier molecular flexibility index (Phi) is 6.72. The molecule has 3 heterocycles. The molecule has 1 aliphatic rings. The maximum atomic E-state index is 12.0. The first kappa shape index (κ1) is 19.4. The van der Waals surface area contributed by atoms with Crippen LogP contribution >= 0.6 is 23.1 Å². The Bertz CT molecular complexity index is 794. The lowest BCUT2D eigenvalue weighted by Crippen LogP contribution is -2.43. The molecule has 2 aromatic rings. The van der Waals surface area contributed by atoms with Crippen molar-refractivity contribution in [1.29, 1.82) is 0 Å². The van der Waals surface area contributed by atoms with Crippen molar-refractivity contribution < 1.29 is 4.79 Å². The van der Waals surface area contributed by atoms with Crippen LogP contribution in [-0.4, -0.2) is 52.1 Å². The first-order chi connectivity index (χ1) is 12.5. The van der Waals surface area contributed by atoms with Crippen LogP contribution in [0.25, 0.3) is 4.96 Å². The quantitative estimate of drug-likeness (QED) is 0.779. The van der Waals surface area contributed by atoms with E-state index < -0.39 is 0 Å². The Labute approximate surface area is 162 Å². The first-order valence-corrected chi connectivity index (χ1v) is 11.1. The molecule has 0 aliphatic carbocycles. The van der Waals surface area contributed by atoms with Gasteiger partial charge >= 0.3 is 0 Å². The summed E-state index contributed by atoms with van der Waals surface area (Å²) in [7, 11) is 0. The SMILES string of the molecule is CC1CC(C)CN(CCNC(=O)CSCc2cc(=O)n3ccsc3n2)C1. The van der Waals surface area contributed by atoms with E-state index in [4.69, 9.17) is 0 Å². The summed E-state index contributed by atoms with van der Waals surface area (Å²) < 4.78 is 1.54. The summed E-state index contributed by atoms with van der Waals surface area (Å²) in [6.07, 6.45) is 3.03. The number of piperidine rings is 1. The first-order valence-electron chi connectivity index (χ1n) is 9.04. The topological polar surface area (TPSA) is 66.7 Å². The number of amides is 1. The highest BCUT2D eigenvalue weighted by Crippen LogP contribution is 2.20. The molecule has 26 heavy (non-hydrogen) atoms. The van der Waals surface area contributed by atoms with Crippen LogP contribution in [0.4, 0.5) is 0 Å². The van der Waals surface area contributed by atoms with Gasteiger partial charge in [0.25, 0.3) is 5.56 Å². The average molecular weight is 395 g/mol. The number of carbonyl (C=O) groups excluding carboxylic acids is 1. The molecule has 1 N–H and O–H groups in total. The van der Waals surface area contributed by atoms with E-state index >= 15 is 0 Å². The molecule has 0 radical (unpaired) electrons. The molecule has 0 aromatic carbocycles. The molecule has 1 aliphatic heterocycles. The molecule has 2 aromatic heterocycles. The standard InChI is InChI=1S/C18H26N4O2S2/c1-13-7-14(2)10-21(9-13)4-3-19-16(23)12-25-11-15-8-17(24)22-5-6-26-18(22)20-15/h5-6,8,13-14H,3-4,7,9-12H2,1-2H3,(H,19,23). The fourth-order valence-corrected chi connectivity index (χ4v) is 5.07. The number of nitrogens with zero attached hydrogens (tertiary/aromatic N) is 3. The Morgan fingerprint density at radius 2 is 2.15 bits per heavy atom. The van der Waals surface area contributed by atoms with E-state index in [1.807, 2.05) is 5.38 Å². The Morgan fingerprint density at radius 1 is 1.38 bits per heavy atom. The minimum absolute atomic E-state index is 0.0435. The summed E-state index contributed by atoms with van der Waals surface area (Å²) in [5.74, 6) is 2.47. The summed E-state index contributed by atoms with van der Waals surface area (Å²) in [4.78, 5) is 31.5. The molecule has 0 saturated carbocycles. The number of nitrogens with one attached hydrogen (secondary N) is 1. The van der Waals surface area contributed by atoms with Crippen LogP contribution in [0.2, 0.25) is 0 Å². The summed E-state index contributed by atoms with van der Waals surface area (Å²) in [5, 5.41) is 4.84. The molecule has 3 rings (SSSR count). The third kappa shape index (κ3) is 5.31. The fourth-order valence-electron chi connectivity index (χ4n) is 3.59. The zero-order chi connectivity index (χ0) is 18.5. The van der Waals surface area contributed by atoms with E-state index in [1.54, 1.807) is 12.3 Å². The van der Waals surface area contributed by atoms with Crippen LogP contribution < -0.4 is 10.9 Å². The molecule has 1 fully saturated rings. The molecule has 1 amide bonds. The second kappa shape index (κ2) is 9.01. The van der Waals surface area contributed by atoms with E-state index in [-0.39, 0.29) is 11.5 Å². The fraction of sp³-hybridized carbons (Fsp3) is 0.611. The highest BCUT2D eigenvalue weighted by atomic mass is 32.2. The second-order valence-corrected chi connectivity index (χ2v) is 9.05. The van der Waals surface area contributed by atoms with Gasteiger partial charge in [0.15, 0.2) is 4.96 Å². The zero-order valence-corrected chi connectivity index (χ0v) is 16.9. The molecule has 1 saturated heterocycles. The van der Waals surface area contributed by atoms with Gasteiger partial charge in [0, 0.05) is 49.6 Å². The van der Waals surface area contributed by atoms with Crippen LogP contribution in [0.3, 0.4) is 0 Å². The third-order valence-corrected chi connectivity index (χ3v) is 6.26. The minimum atomic E-state index is -0.0683. The smallest absolute Gasteiger partial charge is 0.258 e. The van der Waals surface area contributed by atoms with Crippen molar-refractivity contribution in [1.82, 2.24) is 19.6 Å². The van der Waals surface area contributed by atoms with Crippen molar-refractivity contribution in [2.24, 2.45) is 11.8 Å².